The maximum Gasteiger partial charge on any atom is 0.296 e. The summed E-state index contributed by atoms with van der Waals surface area (Å²) in [6.07, 6.45) is 0. The van der Waals surface area contributed by atoms with Gasteiger partial charge >= 0.3 is 0 Å². The fourth-order valence-electron chi connectivity index (χ4n) is 1.80. The van der Waals surface area contributed by atoms with Gasteiger partial charge in [-0.05, 0) is 32.0 Å². The van der Waals surface area contributed by atoms with Crippen molar-refractivity contribution in [2.75, 3.05) is 5.32 Å². The van der Waals surface area contributed by atoms with Gasteiger partial charge in [-0.2, -0.15) is 4.98 Å². The number of rotatable bonds is 3. The lowest BCUT2D eigenvalue weighted by atomic mass is 10.3. The van der Waals surface area contributed by atoms with Gasteiger partial charge in [-0.3, -0.25) is 0 Å². The van der Waals surface area contributed by atoms with E-state index in [-0.39, 0.29) is 6.04 Å². The number of oxazole rings is 1. The molecule has 0 saturated heterocycles. The highest BCUT2D eigenvalue weighted by Gasteiger charge is 2.12. The van der Waals surface area contributed by atoms with Crippen LogP contribution in [0.25, 0.3) is 11.1 Å². The summed E-state index contributed by atoms with van der Waals surface area (Å²) in [5.74, 6) is 0. The first kappa shape index (κ1) is 12.4. The summed E-state index contributed by atoms with van der Waals surface area (Å²) in [6, 6.07) is 5.91. The van der Waals surface area contributed by atoms with E-state index in [1.807, 2.05) is 25.3 Å². The molecule has 0 bridgehead atoms. The van der Waals surface area contributed by atoms with E-state index in [1.54, 1.807) is 23.5 Å². The molecule has 98 valence electrons. The molecule has 4 nitrogen and oxygen atoms in total. The van der Waals surface area contributed by atoms with Crippen molar-refractivity contribution in [1.82, 2.24) is 9.97 Å². The third-order valence-corrected chi connectivity index (χ3v) is 3.80. The van der Waals surface area contributed by atoms with Gasteiger partial charge in [0, 0.05) is 10.4 Å². The number of halogens is 1. The number of hydrogen-bond acceptors (Lipinski definition) is 5. The van der Waals surface area contributed by atoms with Gasteiger partial charge in [0.15, 0.2) is 5.58 Å². The number of thiazole rings is 1. The Morgan fingerprint density at radius 2 is 2.21 bits per heavy atom. The zero-order chi connectivity index (χ0) is 13.4. The smallest absolute Gasteiger partial charge is 0.296 e. The fourth-order valence-corrected chi connectivity index (χ4v) is 2.67. The highest BCUT2D eigenvalue weighted by atomic mass is 35.5. The van der Waals surface area contributed by atoms with Crippen molar-refractivity contribution in [3.05, 3.63) is 39.3 Å². The van der Waals surface area contributed by atoms with Gasteiger partial charge in [0.25, 0.3) is 6.01 Å². The van der Waals surface area contributed by atoms with Crippen LogP contribution < -0.4 is 5.32 Å². The number of nitrogens with zero attached hydrogens (tertiary/aromatic N) is 2. The fraction of sp³-hybridized carbons (Fsp3) is 0.231. The molecule has 0 aliphatic carbocycles. The van der Waals surface area contributed by atoms with Crippen LogP contribution in [0.3, 0.4) is 0 Å². The number of hydrogen-bond donors (Lipinski definition) is 1. The van der Waals surface area contributed by atoms with Crippen molar-refractivity contribution in [3.8, 4) is 0 Å². The highest BCUT2D eigenvalue weighted by Crippen LogP contribution is 2.25. The molecule has 3 rings (SSSR count). The first-order chi connectivity index (χ1) is 9.11. The Labute approximate surface area is 119 Å². The zero-order valence-corrected chi connectivity index (χ0v) is 12.0. The van der Waals surface area contributed by atoms with Gasteiger partial charge in [0.2, 0.25) is 0 Å². The molecular weight excluding hydrogens is 282 g/mol. The molecule has 0 spiro atoms. The third kappa shape index (κ3) is 2.57. The van der Waals surface area contributed by atoms with Gasteiger partial charge in [0.1, 0.15) is 5.52 Å². The molecule has 0 amide bonds. The lowest BCUT2D eigenvalue weighted by molar-refractivity contribution is 0.602. The van der Waals surface area contributed by atoms with Crippen molar-refractivity contribution >= 4 is 40.1 Å². The average Bonchev–Trinajstić information content (AvgIpc) is 2.94. The molecule has 0 radical (unpaired) electrons. The Morgan fingerprint density at radius 3 is 2.95 bits per heavy atom. The minimum atomic E-state index is 0.0495. The minimum Gasteiger partial charge on any atom is -0.424 e. The lowest BCUT2D eigenvalue weighted by Crippen LogP contribution is -2.07. The van der Waals surface area contributed by atoms with Crippen LogP contribution in [0.4, 0.5) is 6.01 Å². The Kier molecular flexibility index (Phi) is 3.16. The second-order valence-electron chi connectivity index (χ2n) is 4.29. The van der Waals surface area contributed by atoms with Crippen LogP contribution in [0.1, 0.15) is 23.7 Å². The topological polar surface area (TPSA) is 51.0 Å². The van der Waals surface area contributed by atoms with Gasteiger partial charge in [-0.15, -0.1) is 11.3 Å². The Hall–Kier alpha value is -1.59. The quantitative estimate of drug-likeness (QED) is 0.776. The van der Waals surface area contributed by atoms with E-state index in [1.165, 1.54) is 0 Å². The number of aryl methyl sites for hydroxylation is 1. The summed E-state index contributed by atoms with van der Waals surface area (Å²) >= 11 is 7.55. The summed E-state index contributed by atoms with van der Waals surface area (Å²) in [5, 5.41) is 6.94. The molecule has 19 heavy (non-hydrogen) atoms. The molecule has 1 unspecified atom stereocenters. The van der Waals surface area contributed by atoms with Crippen LogP contribution in [0.5, 0.6) is 0 Å². The Balaban J connectivity index is 1.85. The lowest BCUT2D eigenvalue weighted by Gasteiger charge is -2.08. The standard InChI is InChI=1S/C13H12ClN3OS/c1-7(11-6-19-8(2)16-11)15-13-17-10-5-9(14)3-4-12(10)18-13/h3-7H,1-2H3,(H,15,17). The molecule has 2 heterocycles. The molecule has 3 aromatic rings. The van der Waals surface area contributed by atoms with Crippen LogP contribution in [-0.2, 0) is 0 Å². The predicted molar refractivity (Wildman–Crippen MR) is 77.9 cm³/mol. The van der Waals surface area contributed by atoms with Crippen molar-refractivity contribution in [3.63, 3.8) is 0 Å². The largest absolute Gasteiger partial charge is 0.424 e. The number of nitrogens with one attached hydrogen (secondary N) is 1. The van der Waals surface area contributed by atoms with Crippen molar-refractivity contribution in [2.24, 2.45) is 0 Å². The molecule has 6 heteroatoms. The van der Waals surface area contributed by atoms with E-state index >= 15 is 0 Å². The van der Waals surface area contributed by atoms with Gasteiger partial charge in [-0.1, -0.05) is 11.6 Å². The SMILES string of the molecule is Cc1nc(C(C)Nc2nc3cc(Cl)ccc3o2)cs1. The second-order valence-corrected chi connectivity index (χ2v) is 5.79. The third-order valence-electron chi connectivity index (χ3n) is 2.77. The number of fused-ring (bicyclic) bond motifs is 1. The van der Waals surface area contributed by atoms with Crippen LogP contribution >= 0.6 is 22.9 Å². The molecule has 1 N–H and O–H groups in total. The average molecular weight is 294 g/mol. The van der Waals surface area contributed by atoms with Crippen LogP contribution in [-0.4, -0.2) is 9.97 Å². The first-order valence-corrected chi connectivity index (χ1v) is 7.12. The molecule has 0 aliphatic heterocycles. The normalized spacial score (nSPS) is 12.8. The molecule has 1 aromatic carbocycles. The van der Waals surface area contributed by atoms with E-state index in [2.05, 4.69) is 15.3 Å². The molecule has 0 aliphatic rings. The van der Waals surface area contributed by atoms with Crippen molar-refractivity contribution in [1.29, 1.82) is 0 Å². The van der Waals surface area contributed by atoms with Crippen LogP contribution in [0, 0.1) is 6.92 Å². The molecular formula is C13H12ClN3OS. The summed E-state index contributed by atoms with van der Waals surface area (Å²) in [6.45, 7) is 4.01. The van der Waals surface area contributed by atoms with Crippen LogP contribution in [0.2, 0.25) is 5.02 Å². The van der Waals surface area contributed by atoms with Gasteiger partial charge in [0.05, 0.1) is 16.7 Å². The monoisotopic (exact) mass is 293 g/mol. The van der Waals surface area contributed by atoms with Gasteiger partial charge < -0.3 is 9.73 Å². The summed E-state index contributed by atoms with van der Waals surface area (Å²) in [5.41, 5.74) is 2.45. The van der Waals surface area contributed by atoms with Crippen molar-refractivity contribution in [2.45, 2.75) is 19.9 Å². The van der Waals surface area contributed by atoms with Gasteiger partial charge in [-0.25, -0.2) is 4.98 Å². The van der Waals surface area contributed by atoms with E-state index in [0.29, 0.717) is 16.6 Å². The summed E-state index contributed by atoms with van der Waals surface area (Å²) in [7, 11) is 0. The minimum absolute atomic E-state index is 0.0495. The van der Waals surface area contributed by atoms with Crippen LogP contribution in [0.15, 0.2) is 28.0 Å². The Bertz CT molecular complexity index is 722. The molecule has 0 saturated carbocycles. The number of aromatic nitrogens is 2. The van der Waals surface area contributed by atoms with E-state index < -0.39 is 0 Å². The van der Waals surface area contributed by atoms with E-state index in [0.717, 1.165) is 16.2 Å². The molecule has 1 atom stereocenters. The molecule has 0 fully saturated rings. The first-order valence-electron chi connectivity index (χ1n) is 5.86. The van der Waals surface area contributed by atoms with E-state index in [9.17, 15) is 0 Å². The predicted octanol–water partition coefficient (Wildman–Crippen LogP) is 4.42. The van der Waals surface area contributed by atoms with E-state index in [4.69, 9.17) is 16.0 Å². The highest BCUT2D eigenvalue weighted by molar-refractivity contribution is 7.09. The maximum absolute atomic E-state index is 5.92. The summed E-state index contributed by atoms with van der Waals surface area (Å²) < 4.78 is 5.62. The summed E-state index contributed by atoms with van der Waals surface area (Å²) in [4.78, 5) is 8.80. The second kappa shape index (κ2) is 4.83. The Morgan fingerprint density at radius 1 is 1.37 bits per heavy atom. The number of benzene rings is 1. The maximum atomic E-state index is 5.92. The van der Waals surface area contributed by atoms with Crippen molar-refractivity contribution < 1.29 is 4.42 Å². The zero-order valence-electron chi connectivity index (χ0n) is 10.5. The number of anilines is 1. The molecule has 2 aromatic heterocycles.